The minimum Gasteiger partial charge on any atom is -0.497 e. The number of methoxy groups -OCH3 is 1. The van der Waals surface area contributed by atoms with Crippen molar-refractivity contribution in [2.75, 3.05) is 26.8 Å². The van der Waals surface area contributed by atoms with E-state index in [0.29, 0.717) is 32.5 Å². The maximum Gasteiger partial charge on any atom is 0.222 e. The van der Waals surface area contributed by atoms with Crippen LogP contribution in [0.25, 0.3) is 0 Å². The summed E-state index contributed by atoms with van der Waals surface area (Å²) in [5, 5.41) is 0. The van der Waals surface area contributed by atoms with E-state index >= 15 is 0 Å². The van der Waals surface area contributed by atoms with Crippen LogP contribution in [0.3, 0.4) is 0 Å². The minimum absolute atomic E-state index is 0.0641. The van der Waals surface area contributed by atoms with Crippen molar-refractivity contribution < 1.29 is 19.1 Å². The van der Waals surface area contributed by atoms with Gasteiger partial charge < -0.3 is 20.1 Å². The molecular weight excluding hydrogens is 296 g/mol. The number of rotatable bonds is 7. The molecule has 1 aromatic rings. The predicted molar refractivity (Wildman–Crippen MR) is 86.2 cm³/mol. The average Bonchev–Trinajstić information content (AvgIpc) is 2.59. The van der Waals surface area contributed by atoms with E-state index in [1.54, 1.807) is 12.0 Å². The quantitative estimate of drug-likeness (QED) is 0.773. The highest BCUT2D eigenvalue weighted by Crippen LogP contribution is 2.18. The van der Waals surface area contributed by atoms with Crippen LogP contribution in [0.15, 0.2) is 24.3 Å². The maximum atomic E-state index is 12.2. The molecule has 0 aromatic heterocycles. The highest BCUT2D eigenvalue weighted by molar-refractivity contribution is 5.80. The Morgan fingerprint density at radius 1 is 1.26 bits per heavy atom. The molecule has 2 N–H and O–H groups in total. The molecule has 23 heavy (non-hydrogen) atoms. The van der Waals surface area contributed by atoms with Gasteiger partial charge in [0, 0.05) is 19.5 Å². The Hall–Kier alpha value is -2.24. The van der Waals surface area contributed by atoms with Crippen LogP contribution in [0.2, 0.25) is 0 Å². The van der Waals surface area contributed by atoms with E-state index in [1.165, 1.54) is 0 Å². The number of hydrogen-bond acceptors (Lipinski definition) is 4. The van der Waals surface area contributed by atoms with Crippen LogP contribution < -0.4 is 15.2 Å². The maximum absolute atomic E-state index is 12.2. The smallest absolute Gasteiger partial charge is 0.222 e. The minimum atomic E-state index is -0.315. The SMILES string of the molecule is COc1ccc(OCCCC(=O)N2CCCC(C(N)=O)C2)cc1. The number of piperidine rings is 1. The van der Waals surface area contributed by atoms with Crippen LogP contribution in [0.4, 0.5) is 0 Å². The van der Waals surface area contributed by atoms with E-state index in [0.717, 1.165) is 24.3 Å². The van der Waals surface area contributed by atoms with E-state index in [9.17, 15) is 9.59 Å². The van der Waals surface area contributed by atoms with Gasteiger partial charge in [-0.25, -0.2) is 0 Å². The lowest BCUT2D eigenvalue weighted by atomic mass is 9.97. The third kappa shape index (κ3) is 5.16. The van der Waals surface area contributed by atoms with Crippen LogP contribution in [0.5, 0.6) is 11.5 Å². The number of primary amides is 1. The molecule has 2 rings (SSSR count). The molecule has 1 atom stereocenters. The monoisotopic (exact) mass is 320 g/mol. The number of nitrogens with two attached hydrogens (primary N) is 1. The second-order valence-corrected chi connectivity index (χ2v) is 5.71. The molecule has 0 bridgehead atoms. The van der Waals surface area contributed by atoms with Crippen LogP contribution >= 0.6 is 0 Å². The van der Waals surface area contributed by atoms with Crippen molar-refractivity contribution in [1.29, 1.82) is 0 Å². The van der Waals surface area contributed by atoms with Gasteiger partial charge in [0.1, 0.15) is 11.5 Å². The lowest BCUT2D eigenvalue weighted by molar-refractivity contribution is -0.135. The number of hydrogen-bond donors (Lipinski definition) is 1. The number of amides is 2. The Balaban J connectivity index is 1.68. The van der Waals surface area contributed by atoms with E-state index in [2.05, 4.69) is 0 Å². The lowest BCUT2D eigenvalue weighted by Crippen LogP contribution is -2.44. The summed E-state index contributed by atoms with van der Waals surface area (Å²) < 4.78 is 10.7. The van der Waals surface area contributed by atoms with Gasteiger partial charge in [-0.2, -0.15) is 0 Å². The van der Waals surface area contributed by atoms with Gasteiger partial charge in [-0.1, -0.05) is 0 Å². The Labute approximate surface area is 136 Å². The van der Waals surface area contributed by atoms with Gasteiger partial charge in [-0.3, -0.25) is 9.59 Å². The Bertz CT molecular complexity index is 530. The molecule has 0 radical (unpaired) electrons. The van der Waals surface area contributed by atoms with Crippen molar-refractivity contribution in [1.82, 2.24) is 4.90 Å². The first-order chi connectivity index (χ1) is 11.1. The molecule has 6 heteroatoms. The van der Waals surface area contributed by atoms with Crippen molar-refractivity contribution >= 4 is 11.8 Å². The van der Waals surface area contributed by atoms with Crippen LogP contribution in [0.1, 0.15) is 25.7 Å². The fourth-order valence-electron chi connectivity index (χ4n) is 2.68. The first-order valence-electron chi connectivity index (χ1n) is 7.94. The zero-order chi connectivity index (χ0) is 16.7. The van der Waals surface area contributed by atoms with Gasteiger partial charge in [0.05, 0.1) is 19.6 Å². The summed E-state index contributed by atoms with van der Waals surface area (Å²) in [6.07, 6.45) is 2.67. The summed E-state index contributed by atoms with van der Waals surface area (Å²) in [5.41, 5.74) is 5.33. The summed E-state index contributed by atoms with van der Waals surface area (Å²) in [4.78, 5) is 25.1. The summed E-state index contributed by atoms with van der Waals surface area (Å²) in [6.45, 7) is 1.64. The Morgan fingerprint density at radius 2 is 1.96 bits per heavy atom. The molecule has 6 nitrogen and oxygen atoms in total. The second kappa shape index (κ2) is 8.41. The highest BCUT2D eigenvalue weighted by Gasteiger charge is 2.26. The molecule has 0 saturated carbocycles. The predicted octanol–water partition coefficient (Wildman–Crippen LogP) is 1.58. The van der Waals surface area contributed by atoms with Crippen molar-refractivity contribution in [3.63, 3.8) is 0 Å². The summed E-state index contributed by atoms with van der Waals surface area (Å²) in [6, 6.07) is 7.34. The standard InChI is InChI=1S/C17H24N2O4/c1-22-14-6-8-15(9-7-14)23-11-3-5-16(20)19-10-2-4-13(12-19)17(18)21/h6-9,13H,2-5,10-12H2,1H3,(H2,18,21). The van der Waals surface area contributed by atoms with Gasteiger partial charge >= 0.3 is 0 Å². The van der Waals surface area contributed by atoms with Crippen LogP contribution in [-0.2, 0) is 9.59 Å². The number of carbonyl (C=O) groups is 2. The van der Waals surface area contributed by atoms with Gasteiger partial charge in [0.15, 0.2) is 0 Å². The van der Waals surface area contributed by atoms with E-state index in [4.69, 9.17) is 15.2 Å². The molecule has 1 aliphatic rings. The van der Waals surface area contributed by atoms with Crippen molar-refractivity contribution in [3.8, 4) is 11.5 Å². The molecule has 0 spiro atoms. The Morgan fingerprint density at radius 3 is 2.61 bits per heavy atom. The molecule has 2 amide bonds. The fraction of sp³-hybridized carbons (Fsp3) is 0.529. The zero-order valence-electron chi connectivity index (χ0n) is 13.5. The lowest BCUT2D eigenvalue weighted by Gasteiger charge is -2.31. The number of carbonyl (C=O) groups excluding carboxylic acids is 2. The Kier molecular flexibility index (Phi) is 6.26. The largest absolute Gasteiger partial charge is 0.497 e. The van der Waals surface area contributed by atoms with Crippen LogP contribution in [0, 0.1) is 5.92 Å². The highest BCUT2D eigenvalue weighted by atomic mass is 16.5. The van der Waals surface area contributed by atoms with Gasteiger partial charge in [-0.05, 0) is 43.5 Å². The molecular formula is C17H24N2O4. The number of ether oxygens (including phenoxy) is 2. The van der Waals surface area contributed by atoms with Gasteiger partial charge in [0.2, 0.25) is 11.8 Å². The van der Waals surface area contributed by atoms with Gasteiger partial charge in [0.25, 0.3) is 0 Å². The summed E-state index contributed by atoms with van der Waals surface area (Å²) in [5.74, 6) is 1.08. The fourth-order valence-corrected chi connectivity index (χ4v) is 2.68. The molecule has 126 valence electrons. The molecule has 1 aromatic carbocycles. The second-order valence-electron chi connectivity index (χ2n) is 5.71. The summed E-state index contributed by atoms with van der Waals surface area (Å²) in [7, 11) is 1.62. The van der Waals surface area contributed by atoms with Crippen LogP contribution in [-0.4, -0.2) is 43.5 Å². The topological polar surface area (TPSA) is 81.9 Å². The molecule has 0 aliphatic carbocycles. The molecule has 1 unspecified atom stereocenters. The number of benzene rings is 1. The first-order valence-corrected chi connectivity index (χ1v) is 7.94. The molecule has 1 heterocycles. The zero-order valence-corrected chi connectivity index (χ0v) is 13.5. The van der Waals surface area contributed by atoms with E-state index in [-0.39, 0.29) is 17.7 Å². The number of nitrogens with zero attached hydrogens (tertiary/aromatic N) is 1. The molecule has 1 saturated heterocycles. The van der Waals surface area contributed by atoms with E-state index < -0.39 is 0 Å². The normalized spacial score (nSPS) is 17.6. The molecule has 1 aliphatic heterocycles. The van der Waals surface area contributed by atoms with E-state index in [1.807, 2.05) is 24.3 Å². The van der Waals surface area contributed by atoms with Crippen molar-refractivity contribution in [2.24, 2.45) is 11.7 Å². The van der Waals surface area contributed by atoms with Gasteiger partial charge in [-0.15, -0.1) is 0 Å². The third-order valence-corrected chi connectivity index (χ3v) is 4.04. The first kappa shape index (κ1) is 17.1. The van der Waals surface area contributed by atoms with Crippen molar-refractivity contribution in [2.45, 2.75) is 25.7 Å². The average molecular weight is 320 g/mol. The third-order valence-electron chi connectivity index (χ3n) is 4.04. The van der Waals surface area contributed by atoms with Crippen molar-refractivity contribution in [3.05, 3.63) is 24.3 Å². The molecule has 1 fully saturated rings. The summed E-state index contributed by atoms with van der Waals surface area (Å²) >= 11 is 0. The number of likely N-dealkylation sites (tertiary alicyclic amines) is 1.